The maximum absolute atomic E-state index is 14.6. The van der Waals surface area contributed by atoms with E-state index < -0.39 is 0 Å². The van der Waals surface area contributed by atoms with E-state index in [0.29, 0.717) is 11.3 Å². The lowest BCUT2D eigenvalue weighted by atomic mass is 9.75. The van der Waals surface area contributed by atoms with Crippen molar-refractivity contribution in [1.29, 1.82) is 0 Å². The SMILES string of the molecule is CC.CCc1ccc(-c2cc(OC)ccc2F)c(C2OCCCC2(C)C)c1. The van der Waals surface area contributed by atoms with Gasteiger partial charge in [-0.3, -0.25) is 0 Å². The van der Waals surface area contributed by atoms with Gasteiger partial charge in [-0.25, -0.2) is 4.39 Å². The molecule has 2 aromatic rings. The van der Waals surface area contributed by atoms with E-state index in [2.05, 4.69) is 32.9 Å². The van der Waals surface area contributed by atoms with E-state index >= 15 is 0 Å². The van der Waals surface area contributed by atoms with Gasteiger partial charge >= 0.3 is 0 Å². The number of hydrogen-bond acceptors (Lipinski definition) is 2. The largest absolute Gasteiger partial charge is 0.497 e. The van der Waals surface area contributed by atoms with Gasteiger partial charge in [0.05, 0.1) is 13.2 Å². The van der Waals surface area contributed by atoms with Crippen LogP contribution < -0.4 is 4.74 Å². The fourth-order valence-electron chi connectivity index (χ4n) is 3.73. The smallest absolute Gasteiger partial charge is 0.131 e. The van der Waals surface area contributed by atoms with Crippen LogP contribution in [0.15, 0.2) is 36.4 Å². The molecular formula is C24H33FO2. The maximum Gasteiger partial charge on any atom is 0.131 e. The topological polar surface area (TPSA) is 18.5 Å². The van der Waals surface area contributed by atoms with Gasteiger partial charge in [0, 0.05) is 12.2 Å². The van der Waals surface area contributed by atoms with Crippen molar-refractivity contribution >= 4 is 0 Å². The molecule has 1 saturated heterocycles. The van der Waals surface area contributed by atoms with Gasteiger partial charge in [-0.1, -0.05) is 52.8 Å². The van der Waals surface area contributed by atoms with E-state index in [4.69, 9.17) is 9.47 Å². The van der Waals surface area contributed by atoms with E-state index in [1.54, 1.807) is 19.2 Å². The molecule has 1 aliphatic heterocycles. The van der Waals surface area contributed by atoms with Crippen molar-refractivity contribution in [3.05, 3.63) is 53.3 Å². The summed E-state index contributed by atoms with van der Waals surface area (Å²) in [6.07, 6.45) is 3.09. The zero-order valence-corrected chi connectivity index (χ0v) is 17.6. The summed E-state index contributed by atoms with van der Waals surface area (Å²) in [5, 5.41) is 0. The van der Waals surface area contributed by atoms with Crippen molar-refractivity contribution in [3.63, 3.8) is 0 Å². The highest BCUT2D eigenvalue weighted by molar-refractivity contribution is 5.70. The molecule has 1 heterocycles. The van der Waals surface area contributed by atoms with Crippen molar-refractivity contribution in [2.24, 2.45) is 5.41 Å². The summed E-state index contributed by atoms with van der Waals surface area (Å²) in [5.74, 6) is 0.422. The van der Waals surface area contributed by atoms with Gasteiger partial charge in [-0.05, 0) is 59.6 Å². The lowest BCUT2D eigenvalue weighted by Crippen LogP contribution is -2.30. The first-order valence-corrected chi connectivity index (χ1v) is 10.0. The van der Waals surface area contributed by atoms with Crippen LogP contribution in [0.2, 0.25) is 0 Å². The summed E-state index contributed by atoms with van der Waals surface area (Å²) in [5.41, 5.74) is 3.81. The number of ether oxygens (including phenoxy) is 2. The molecule has 1 aliphatic rings. The lowest BCUT2D eigenvalue weighted by Gasteiger charge is -2.39. The number of aryl methyl sites for hydroxylation is 1. The second-order valence-corrected chi connectivity index (χ2v) is 7.46. The third-order valence-electron chi connectivity index (χ3n) is 5.23. The summed E-state index contributed by atoms with van der Waals surface area (Å²) in [6.45, 7) is 11.4. The average Bonchev–Trinajstić information content (AvgIpc) is 2.69. The summed E-state index contributed by atoms with van der Waals surface area (Å²) in [4.78, 5) is 0. The van der Waals surface area contributed by atoms with Gasteiger partial charge in [0.15, 0.2) is 0 Å². The fourth-order valence-corrected chi connectivity index (χ4v) is 3.73. The van der Waals surface area contributed by atoms with E-state index in [0.717, 1.165) is 37.0 Å². The fraction of sp³-hybridized carbons (Fsp3) is 0.500. The van der Waals surface area contributed by atoms with Crippen molar-refractivity contribution in [2.75, 3.05) is 13.7 Å². The summed E-state index contributed by atoms with van der Waals surface area (Å²) in [6, 6.07) is 11.2. The van der Waals surface area contributed by atoms with Gasteiger partial charge in [0.25, 0.3) is 0 Å². The summed E-state index contributed by atoms with van der Waals surface area (Å²) in [7, 11) is 1.60. The number of hydrogen-bond donors (Lipinski definition) is 0. The summed E-state index contributed by atoms with van der Waals surface area (Å²) < 4.78 is 26.1. The Morgan fingerprint density at radius 2 is 1.85 bits per heavy atom. The molecule has 2 aromatic carbocycles. The molecule has 3 heteroatoms. The molecular weight excluding hydrogens is 339 g/mol. The van der Waals surface area contributed by atoms with E-state index in [1.165, 1.54) is 11.6 Å². The first-order valence-electron chi connectivity index (χ1n) is 10.0. The standard InChI is InChI=1S/C22H27FO2.C2H6/c1-5-15-7-9-17(18-14-16(24-4)8-10-20(18)23)19(13-15)21-22(2,3)11-6-12-25-21;1-2/h7-10,13-14,21H,5-6,11-12H2,1-4H3;1-2H3. The van der Waals surface area contributed by atoms with Crippen molar-refractivity contribution in [1.82, 2.24) is 0 Å². The number of benzene rings is 2. The zero-order valence-electron chi connectivity index (χ0n) is 17.6. The molecule has 2 nitrogen and oxygen atoms in total. The second kappa shape index (κ2) is 9.36. The monoisotopic (exact) mass is 372 g/mol. The predicted molar refractivity (Wildman–Crippen MR) is 111 cm³/mol. The Hall–Kier alpha value is -1.87. The van der Waals surface area contributed by atoms with Crippen LogP contribution in [0, 0.1) is 11.2 Å². The van der Waals surface area contributed by atoms with E-state index in [-0.39, 0.29) is 17.3 Å². The normalized spacial score (nSPS) is 18.4. The molecule has 0 N–H and O–H groups in total. The van der Waals surface area contributed by atoms with Crippen LogP contribution in [0.4, 0.5) is 4.39 Å². The molecule has 0 aliphatic carbocycles. The van der Waals surface area contributed by atoms with Gasteiger partial charge < -0.3 is 9.47 Å². The molecule has 1 unspecified atom stereocenters. The van der Waals surface area contributed by atoms with E-state index in [9.17, 15) is 4.39 Å². The first-order chi connectivity index (χ1) is 13.0. The Labute approximate surface area is 163 Å². The van der Waals surface area contributed by atoms with Crippen LogP contribution in [-0.4, -0.2) is 13.7 Å². The quantitative estimate of drug-likeness (QED) is 0.577. The minimum atomic E-state index is -0.236. The molecule has 0 saturated carbocycles. The molecule has 0 amide bonds. The molecule has 0 radical (unpaired) electrons. The zero-order chi connectivity index (χ0) is 20.0. The molecule has 148 valence electrons. The highest BCUT2D eigenvalue weighted by Gasteiger charge is 2.36. The average molecular weight is 373 g/mol. The van der Waals surface area contributed by atoms with Crippen molar-refractivity contribution in [2.45, 2.75) is 60.0 Å². The third-order valence-corrected chi connectivity index (χ3v) is 5.23. The first kappa shape index (κ1) is 21.4. The van der Waals surface area contributed by atoms with Gasteiger partial charge in [0.2, 0.25) is 0 Å². The second-order valence-electron chi connectivity index (χ2n) is 7.46. The Balaban J connectivity index is 0.00000126. The lowest BCUT2D eigenvalue weighted by molar-refractivity contribution is -0.0697. The van der Waals surface area contributed by atoms with Crippen molar-refractivity contribution in [3.8, 4) is 16.9 Å². The minimum Gasteiger partial charge on any atom is -0.497 e. The van der Waals surface area contributed by atoms with Gasteiger partial charge in [-0.15, -0.1) is 0 Å². The Kier molecular flexibility index (Phi) is 7.43. The van der Waals surface area contributed by atoms with Crippen LogP contribution in [-0.2, 0) is 11.2 Å². The molecule has 0 aromatic heterocycles. The minimum absolute atomic E-state index is 0.0225. The van der Waals surface area contributed by atoms with E-state index in [1.807, 2.05) is 19.9 Å². The Bertz CT molecular complexity index is 752. The van der Waals surface area contributed by atoms with Crippen LogP contribution in [0.3, 0.4) is 0 Å². The third kappa shape index (κ3) is 4.70. The van der Waals surface area contributed by atoms with Crippen LogP contribution in [0.1, 0.15) is 64.7 Å². The number of methoxy groups -OCH3 is 1. The molecule has 0 spiro atoms. The van der Waals surface area contributed by atoms with Crippen molar-refractivity contribution < 1.29 is 13.9 Å². The molecule has 0 bridgehead atoms. The molecule has 1 fully saturated rings. The molecule has 3 rings (SSSR count). The molecule has 1 atom stereocenters. The predicted octanol–water partition coefficient (Wildman–Crippen LogP) is 6.97. The van der Waals surface area contributed by atoms with Gasteiger partial charge in [-0.2, -0.15) is 0 Å². The Morgan fingerprint density at radius 1 is 1.11 bits per heavy atom. The highest BCUT2D eigenvalue weighted by atomic mass is 19.1. The number of rotatable bonds is 4. The van der Waals surface area contributed by atoms with Gasteiger partial charge in [0.1, 0.15) is 11.6 Å². The van der Waals surface area contributed by atoms with Crippen LogP contribution >= 0.6 is 0 Å². The number of halogens is 1. The Morgan fingerprint density at radius 3 is 2.48 bits per heavy atom. The maximum atomic E-state index is 14.6. The molecule has 27 heavy (non-hydrogen) atoms. The van der Waals surface area contributed by atoms with Crippen LogP contribution in [0.5, 0.6) is 5.75 Å². The summed E-state index contributed by atoms with van der Waals surface area (Å²) >= 11 is 0. The van der Waals surface area contributed by atoms with Crippen LogP contribution in [0.25, 0.3) is 11.1 Å². The highest BCUT2D eigenvalue weighted by Crippen LogP contribution is 2.47.